The second-order valence-corrected chi connectivity index (χ2v) is 6.17. The molecule has 148 valence electrons. The Balaban J connectivity index is 0.00000364. The van der Waals surface area contributed by atoms with Crippen LogP contribution in [0.4, 0.5) is 0 Å². The molecule has 0 unspecified atom stereocenters. The maximum atomic E-state index is 9.53. The molecule has 0 fully saturated rings. The molecule has 2 aromatic carbocycles. The van der Waals surface area contributed by atoms with Gasteiger partial charge < -0.3 is 20.5 Å². The minimum absolute atomic E-state index is 0. The monoisotopic (exact) mass is 483 g/mol. The summed E-state index contributed by atoms with van der Waals surface area (Å²) in [5.41, 5.74) is 3.49. The zero-order valence-electron chi connectivity index (χ0n) is 16.3. The summed E-state index contributed by atoms with van der Waals surface area (Å²) in [6.07, 6.45) is 1.65. The van der Waals surface area contributed by atoms with Crippen molar-refractivity contribution in [2.75, 3.05) is 26.7 Å². The van der Waals surface area contributed by atoms with Gasteiger partial charge in [0.05, 0.1) is 7.11 Å². The molecule has 0 radical (unpaired) electrons. The van der Waals surface area contributed by atoms with Gasteiger partial charge in [-0.15, -0.1) is 24.0 Å². The Morgan fingerprint density at radius 1 is 1.11 bits per heavy atom. The number of aliphatic imine (C=N–C) groups is 1. The van der Waals surface area contributed by atoms with E-state index in [0.29, 0.717) is 12.3 Å². The maximum absolute atomic E-state index is 9.53. The van der Waals surface area contributed by atoms with Crippen LogP contribution in [0.15, 0.2) is 47.5 Å². The van der Waals surface area contributed by atoms with E-state index in [0.717, 1.165) is 43.2 Å². The minimum atomic E-state index is 0. The second-order valence-electron chi connectivity index (χ2n) is 6.17. The first-order chi connectivity index (χ1) is 12.6. The SMILES string of the molecule is CCNC(=NCCc1cc(C)ccc1OC)NCCc1cccc(O)c1.I. The van der Waals surface area contributed by atoms with E-state index in [1.54, 1.807) is 19.2 Å². The molecule has 6 heteroatoms. The lowest BCUT2D eigenvalue weighted by atomic mass is 10.1. The molecule has 0 aromatic heterocycles. The Morgan fingerprint density at radius 3 is 2.63 bits per heavy atom. The zero-order valence-corrected chi connectivity index (χ0v) is 18.6. The molecule has 0 amide bonds. The third-order valence-corrected chi connectivity index (χ3v) is 4.05. The van der Waals surface area contributed by atoms with E-state index >= 15 is 0 Å². The molecular formula is C21H30IN3O2. The van der Waals surface area contributed by atoms with E-state index in [1.165, 1.54) is 11.1 Å². The number of methoxy groups -OCH3 is 1. The standard InChI is InChI=1S/C21H29N3O2.HI/c1-4-22-21(23-12-10-17-6-5-7-19(25)15-17)24-13-11-18-14-16(2)8-9-20(18)26-3;/h5-9,14-15,25H,4,10-13H2,1-3H3,(H2,22,23,24);1H. The molecule has 27 heavy (non-hydrogen) atoms. The van der Waals surface area contributed by atoms with Crippen LogP contribution in [0.25, 0.3) is 0 Å². The van der Waals surface area contributed by atoms with Gasteiger partial charge in [-0.3, -0.25) is 4.99 Å². The molecule has 2 aromatic rings. The van der Waals surface area contributed by atoms with Crippen molar-refractivity contribution >= 4 is 29.9 Å². The summed E-state index contributed by atoms with van der Waals surface area (Å²) in [4.78, 5) is 4.65. The Hall–Kier alpha value is -1.96. The number of phenolic OH excluding ortho intramolecular Hbond substituents is 1. The van der Waals surface area contributed by atoms with Gasteiger partial charge in [0.1, 0.15) is 11.5 Å². The number of nitrogens with zero attached hydrogens (tertiary/aromatic N) is 1. The molecule has 0 aliphatic carbocycles. The fourth-order valence-electron chi connectivity index (χ4n) is 2.77. The maximum Gasteiger partial charge on any atom is 0.191 e. The molecule has 0 bridgehead atoms. The smallest absolute Gasteiger partial charge is 0.191 e. The number of nitrogens with one attached hydrogen (secondary N) is 2. The van der Waals surface area contributed by atoms with Gasteiger partial charge in [-0.05, 0) is 56.0 Å². The zero-order chi connectivity index (χ0) is 18.8. The summed E-state index contributed by atoms with van der Waals surface area (Å²) < 4.78 is 5.43. The summed E-state index contributed by atoms with van der Waals surface area (Å²) in [7, 11) is 1.70. The van der Waals surface area contributed by atoms with Crippen LogP contribution < -0.4 is 15.4 Å². The van der Waals surface area contributed by atoms with Crippen LogP contribution in [0.5, 0.6) is 11.5 Å². The molecule has 0 saturated heterocycles. The first-order valence-corrected chi connectivity index (χ1v) is 9.06. The van der Waals surface area contributed by atoms with Crippen molar-refractivity contribution in [1.29, 1.82) is 0 Å². The molecular weight excluding hydrogens is 453 g/mol. The lowest BCUT2D eigenvalue weighted by Gasteiger charge is -2.12. The molecule has 0 heterocycles. The average molecular weight is 483 g/mol. The summed E-state index contributed by atoms with van der Waals surface area (Å²) in [6, 6.07) is 13.6. The molecule has 0 spiro atoms. The number of halogens is 1. The van der Waals surface area contributed by atoms with Crippen molar-refractivity contribution in [2.24, 2.45) is 4.99 Å². The third kappa shape index (κ3) is 8.07. The number of ether oxygens (including phenoxy) is 1. The Bertz CT molecular complexity index is 735. The quantitative estimate of drug-likeness (QED) is 0.305. The van der Waals surface area contributed by atoms with Gasteiger partial charge in [-0.25, -0.2) is 0 Å². The van der Waals surface area contributed by atoms with Gasteiger partial charge in [0.2, 0.25) is 0 Å². The fraction of sp³-hybridized carbons (Fsp3) is 0.381. The van der Waals surface area contributed by atoms with Gasteiger partial charge in [-0.1, -0.05) is 29.8 Å². The fourth-order valence-corrected chi connectivity index (χ4v) is 2.77. The molecule has 0 atom stereocenters. The third-order valence-electron chi connectivity index (χ3n) is 4.05. The van der Waals surface area contributed by atoms with E-state index in [1.807, 2.05) is 18.2 Å². The summed E-state index contributed by atoms with van der Waals surface area (Å²) in [6.45, 7) is 6.38. The first kappa shape index (κ1) is 23.1. The molecule has 0 aliphatic rings. The van der Waals surface area contributed by atoms with Crippen molar-refractivity contribution in [1.82, 2.24) is 10.6 Å². The number of rotatable bonds is 8. The van der Waals surface area contributed by atoms with E-state index in [2.05, 4.69) is 41.6 Å². The van der Waals surface area contributed by atoms with Gasteiger partial charge >= 0.3 is 0 Å². The molecule has 0 saturated carbocycles. The topological polar surface area (TPSA) is 65.9 Å². The van der Waals surface area contributed by atoms with Crippen molar-refractivity contribution in [2.45, 2.75) is 26.7 Å². The van der Waals surface area contributed by atoms with E-state index in [-0.39, 0.29) is 24.0 Å². The Kier molecular flexibility index (Phi) is 10.6. The van der Waals surface area contributed by atoms with Gasteiger partial charge in [-0.2, -0.15) is 0 Å². The van der Waals surface area contributed by atoms with Crippen LogP contribution in [-0.2, 0) is 12.8 Å². The number of hydrogen-bond donors (Lipinski definition) is 3. The number of aromatic hydroxyl groups is 1. The molecule has 0 aliphatic heterocycles. The van der Waals surface area contributed by atoms with E-state index in [4.69, 9.17) is 4.74 Å². The lowest BCUT2D eigenvalue weighted by Crippen LogP contribution is -2.38. The second kappa shape index (κ2) is 12.4. The summed E-state index contributed by atoms with van der Waals surface area (Å²) in [5.74, 6) is 2.02. The Labute approximate surface area is 179 Å². The van der Waals surface area contributed by atoms with Crippen LogP contribution in [0.2, 0.25) is 0 Å². The molecule has 3 N–H and O–H groups in total. The lowest BCUT2D eigenvalue weighted by molar-refractivity contribution is 0.409. The predicted octanol–water partition coefficient (Wildman–Crippen LogP) is 3.67. The van der Waals surface area contributed by atoms with Crippen LogP contribution in [-0.4, -0.2) is 37.8 Å². The largest absolute Gasteiger partial charge is 0.508 e. The highest BCUT2D eigenvalue weighted by Gasteiger charge is 2.04. The number of guanidine groups is 1. The Morgan fingerprint density at radius 2 is 1.93 bits per heavy atom. The summed E-state index contributed by atoms with van der Waals surface area (Å²) in [5, 5.41) is 16.1. The van der Waals surface area contributed by atoms with E-state index < -0.39 is 0 Å². The van der Waals surface area contributed by atoms with Crippen molar-refractivity contribution in [3.05, 3.63) is 59.2 Å². The normalized spacial score (nSPS) is 10.9. The number of benzene rings is 2. The highest BCUT2D eigenvalue weighted by atomic mass is 127. The highest BCUT2D eigenvalue weighted by Crippen LogP contribution is 2.20. The first-order valence-electron chi connectivity index (χ1n) is 9.06. The number of phenols is 1. The van der Waals surface area contributed by atoms with Crippen LogP contribution in [0, 0.1) is 6.92 Å². The van der Waals surface area contributed by atoms with Crippen molar-refractivity contribution in [3.63, 3.8) is 0 Å². The van der Waals surface area contributed by atoms with Crippen LogP contribution in [0.1, 0.15) is 23.6 Å². The highest BCUT2D eigenvalue weighted by molar-refractivity contribution is 14.0. The number of hydrogen-bond acceptors (Lipinski definition) is 3. The molecule has 2 rings (SSSR count). The predicted molar refractivity (Wildman–Crippen MR) is 123 cm³/mol. The van der Waals surface area contributed by atoms with Gasteiger partial charge in [0.15, 0.2) is 5.96 Å². The number of aryl methyl sites for hydroxylation is 1. The van der Waals surface area contributed by atoms with Crippen LogP contribution in [0.3, 0.4) is 0 Å². The van der Waals surface area contributed by atoms with Crippen molar-refractivity contribution in [3.8, 4) is 11.5 Å². The van der Waals surface area contributed by atoms with Gasteiger partial charge in [0, 0.05) is 19.6 Å². The summed E-state index contributed by atoms with van der Waals surface area (Å²) >= 11 is 0. The average Bonchev–Trinajstić information content (AvgIpc) is 2.62. The van der Waals surface area contributed by atoms with Crippen molar-refractivity contribution < 1.29 is 9.84 Å². The van der Waals surface area contributed by atoms with E-state index in [9.17, 15) is 5.11 Å². The van der Waals surface area contributed by atoms with Gasteiger partial charge in [0.25, 0.3) is 0 Å². The van der Waals surface area contributed by atoms with Crippen LogP contribution >= 0.6 is 24.0 Å². The minimum Gasteiger partial charge on any atom is -0.508 e. The molecule has 5 nitrogen and oxygen atoms in total.